The van der Waals surface area contributed by atoms with Crippen molar-refractivity contribution in [3.05, 3.63) is 217 Å². The van der Waals surface area contributed by atoms with Gasteiger partial charge in [0.15, 0.2) is 5.82 Å². The van der Waals surface area contributed by atoms with E-state index >= 15 is 0 Å². The summed E-state index contributed by atoms with van der Waals surface area (Å²) in [7, 11) is 0. The summed E-state index contributed by atoms with van der Waals surface area (Å²) in [6.45, 7) is 0. The van der Waals surface area contributed by atoms with E-state index in [2.05, 4.69) is 197 Å². The fourth-order valence-corrected chi connectivity index (χ4v) is 11.3. The molecule has 5 nitrogen and oxygen atoms in total. The molecule has 9 aromatic carbocycles. The monoisotopic (exact) mass is 814 g/mol. The normalized spacial score (nSPS) is 13.8. The predicted molar refractivity (Wildman–Crippen MR) is 262 cm³/mol. The summed E-state index contributed by atoms with van der Waals surface area (Å²) in [5, 5.41) is 9.36. The first-order chi connectivity index (χ1) is 31.8. The number of fused-ring (bicyclic) bond motifs is 16. The number of aromatic nitrogens is 4. The van der Waals surface area contributed by atoms with E-state index in [4.69, 9.17) is 14.4 Å². The topological polar surface area (TPSA) is 48.3 Å². The van der Waals surface area contributed by atoms with Crippen LogP contribution in [0.4, 0.5) is 0 Å². The molecule has 64 heavy (non-hydrogen) atoms. The van der Waals surface area contributed by atoms with Crippen LogP contribution in [0, 0.1) is 0 Å². The molecule has 0 fully saturated rings. The van der Waals surface area contributed by atoms with Gasteiger partial charge in [0.2, 0.25) is 5.71 Å². The van der Waals surface area contributed by atoms with Crippen molar-refractivity contribution in [2.24, 2.45) is 0 Å². The van der Waals surface area contributed by atoms with Crippen molar-refractivity contribution in [2.75, 3.05) is 0 Å². The van der Waals surface area contributed by atoms with Crippen LogP contribution in [0.15, 0.2) is 205 Å². The molecule has 14 aromatic rings. The Hall–Kier alpha value is -8.54. The molecule has 0 N–H and O–H groups in total. The average molecular weight is 815 g/mol. The molecule has 1 aliphatic rings. The summed E-state index contributed by atoms with van der Waals surface area (Å²) >= 11 is 0. The zero-order chi connectivity index (χ0) is 41.6. The summed E-state index contributed by atoms with van der Waals surface area (Å²) in [6, 6.07) is 72.3. The molecule has 5 aromatic heterocycles. The lowest BCUT2D eigenvalue weighted by Gasteiger charge is -2.16. The number of hydrogen-bond donors (Lipinski definition) is 0. The first kappa shape index (κ1) is 34.1. The zero-order valence-electron chi connectivity index (χ0n) is 34.3. The van der Waals surface area contributed by atoms with Crippen LogP contribution < -0.4 is 0 Å². The number of furan rings is 1. The highest BCUT2D eigenvalue weighted by atomic mass is 16.3. The number of rotatable bonds is 4. The van der Waals surface area contributed by atoms with Crippen LogP contribution in [0.25, 0.3) is 121 Å². The van der Waals surface area contributed by atoms with Gasteiger partial charge in [-0.05, 0) is 94.0 Å². The highest BCUT2D eigenvalue weighted by Gasteiger charge is 2.37. The third kappa shape index (κ3) is 4.47. The van der Waals surface area contributed by atoms with Crippen molar-refractivity contribution >= 4 is 82.0 Å². The molecular weight excluding hydrogens is 781 g/mol. The molecule has 0 aliphatic heterocycles. The van der Waals surface area contributed by atoms with Crippen molar-refractivity contribution in [1.29, 1.82) is 0 Å². The molecule has 5 heteroatoms. The first-order valence-corrected chi connectivity index (χ1v) is 21.9. The predicted octanol–water partition coefficient (Wildman–Crippen LogP) is 15.1. The van der Waals surface area contributed by atoms with E-state index in [1.54, 1.807) is 0 Å². The number of para-hydroxylation sites is 4. The lowest BCUT2D eigenvalue weighted by Crippen LogP contribution is -2.05. The second kappa shape index (κ2) is 12.5. The summed E-state index contributed by atoms with van der Waals surface area (Å²) in [5.41, 5.74) is 17.9. The van der Waals surface area contributed by atoms with Crippen molar-refractivity contribution in [1.82, 2.24) is 18.9 Å². The van der Waals surface area contributed by atoms with E-state index in [0.29, 0.717) is 11.5 Å². The second-order valence-electron chi connectivity index (χ2n) is 17.2. The second-order valence-corrected chi connectivity index (χ2v) is 17.2. The Morgan fingerprint density at radius 1 is 0.422 bits per heavy atom. The van der Waals surface area contributed by atoms with Crippen LogP contribution in [0.1, 0.15) is 22.7 Å². The molecule has 0 amide bonds. The molecule has 0 bridgehead atoms. The fraction of sp³-hybridized carbons (Fsp3) is 0.0169. The van der Waals surface area contributed by atoms with E-state index in [9.17, 15) is 0 Å². The standard InChI is InChI=1S/C59H34N4O/c1-3-15-34(16-4-1)35-27-29-39-45-33-46-52(54-42-22-10-13-25-48(42)63(57(45)54)50(39)32-35)40-20-7-8-21-41(40)53(46)56-55-43-23-11-14-26-51(43)64-59(55)61-58(60-56)36-28-30-49-44(31-36)38-19-9-12-24-47(38)62(49)37-17-5-2-6-18-37/h1-33,53H. The molecule has 296 valence electrons. The van der Waals surface area contributed by atoms with Crippen LogP contribution in [0.2, 0.25) is 0 Å². The molecule has 1 aliphatic carbocycles. The molecule has 1 atom stereocenters. The van der Waals surface area contributed by atoms with E-state index < -0.39 is 0 Å². The highest BCUT2D eigenvalue weighted by molar-refractivity contribution is 6.28. The lowest BCUT2D eigenvalue weighted by molar-refractivity contribution is 0.652. The average Bonchev–Trinajstić information content (AvgIpc) is 4.16. The molecular formula is C59H34N4O. The maximum absolute atomic E-state index is 6.71. The van der Waals surface area contributed by atoms with Gasteiger partial charge in [-0.1, -0.05) is 140 Å². The van der Waals surface area contributed by atoms with Gasteiger partial charge < -0.3 is 13.4 Å². The smallest absolute Gasteiger partial charge is 0.231 e. The van der Waals surface area contributed by atoms with Crippen molar-refractivity contribution in [2.45, 2.75) is 5.92 Å². The van der Waals surface area contributed by atoms with E-state index in [1.165, 1.54) is 76.9 Å². The Morgan fingerprint density at radius 3 is 1.98 bits per heavy atom. The Kier molecular flexibility index (Phi) is 6.67. The van der Waals surface area contributed by atoms with Crippen molar-refractivity contribution in [3.63, 3.8) is 0 Å². The molecule has 0 spiro atoms. The first-order valence-electron chi connectivity index (χ1n) is 21.9. The number of benzene rings is 9. The molecule has 1 unspecified atom stereocenters. The van der Waals surface area contributed by atoms with Gasteiger partial charge in [0.1, 0.15) is 5.58 Å². The van der Waals surface area contributed by atoms with Gasteiger partial charge in [0.05, 0.1) is 44.6 Å². The van der Waals surface area contributed by atoms with Gasteiger partial charge in [-0.2, -0.15) is 4.98 Å². The minimum Gasteiger partial charge on any atom is -0.438 e. The van der Waals surface area contributed by atoms with E-state index in [-0.39, 0.29) is 5.92 Å². The third-order valence-corrected chi connectivity index (χ3v) is 13.9. The number of hydrogen-bond acceptors (Lipinski definition) is 3. The van der Waals surface area contributed by atoms with Crippen molar-refractivity contribution in [3.8, 4) is 39.3 Å². The van der Waals surface area contributed by atoms with Gasteiger partial charge in [-0.15, -0.1) is 0 Å². The van der Waals surface area contributed by atoms with Crippen LogP contribution in [-0.4, -0.2) is 18.9 Å². The Bertz CT molecular complexity index is 4250. The lowest BCUT2D eigenvalue weighted by atomic mass is 9.89. The maximum Gasteiger partial charge on any atom is 0.231 e. The summed E-state index contributed by atoms with van der Waals surface area (Å²) < 4.78 is 11.6. The van der Waals surface area contributed by atoms with Crippen LogP contribution in [0.5, 0.6) is 0 Å². The molecule has 0 saturated heterocycles. The van der Waals surface area contributed by atoms with Gasteiger partial charge >= 0.3 is 0 Å². The Labute approximate surface area is 366 Å². The molecule has 0 saturated carbocycles. The Morgan fingerprint density at radius 2 is 1.11 bits per heavy atom. The quantitative estimate of drug-likeness (QED) is 0.178. The van der Waals surface area contributed by atoms with Crippen LogP contribution in [0.3, 0.4) is 0 Å². The maximum atomic E-state index is 6.71. The molecule has 5 heterocycles. The van der Waals surface area contributed by atoms with Crippen LogP contribution >= 0.6 is 0 Å². The Balaban J connectivity index is 1.03. The van der Waals surface area contributed by atoms with Gasteiger partial charge in [-0.3, -0.25) is 0 Å². The minimum atomic E-state index is -0.185. The zero-order valence-corrected chi connectivity index (χ0v) is 34.3. The molecule has 0 radical (unpaired) electrons. The fourth-order valence-electron chi connectivity index (χ4n) is 11.3. The number of nitrogens with zero attached hydrogens (tertiary/aromatic N) is 4. The largest absolute Gasteiger partial charge is 0.438 e. The van der Waals surface area contributed by atoms with E-state index in [0.717, 1.165) is 49.7 Å². The van der Waals surface area contributed by atoms with Gasteiger partial charge in [-0.25, -0.2) is 4.98 Å². The highest BCUT2D eigenvalue weighted by Crippen LogP contribution is 2.56. The van der Waals surface area contributed by atoms with Gasteiger partial charge in [0, 0.05) is 49.0 Å². The molecule has 15 rings (SSSR count). The summed E-state index contributed by atoms with van der Waals surface area (Å²) in [4.78, 5) is 11.0. The third-order valence-electron chi connectivity index (χ3n) is 13.9. The van der Waals surface area contributed by atoms with E-state index in [1.807, 2.05) is 12.1 Å². The van der Waals surface area contributed by atoms with Crippen molar-refractivity contribution < 1.29 is 4.42 Å². The van der Waals surface area contributed by atoms with Crippen LogP contribution in [-0.2, 0) is 0 Å². The minimum absolute atomic E-state index is 0.185. The SMILES string of the molecule is c1ccc(-c2ccc3c4cc5c(c6c7ccccc7n(c3c2)c46)-c2ccccc2C5c2nc(-c3ccc4c(c3)c3ccccc3n4-c3ccccc3)nc3oc4ccccc4c23)cc1. The summed E-state index contributed by atoms with van der Waals surface area (Å²) in [5.74, 6) is 0.461. The summed E-state index contributed by atoms with van der Waals surface area (Å²) in [6.07, 6.45) is 0. The van der Waals surface area contributed by atoms with Gasteiger partial charge in [0.25, 0.3) is 0 Å².